The summed E-state index contributed by atoms with van der Waals surface area (Å²) in [5.41, 5.74) is 1.16. The van der Waals surface area contributed by atoms with Gasteiger partial charge < -0.3 is 14.7 Å². The minimum absolute atomic E-state index is 0.155. The highest BCUT2D eigenvalue weighted by atomic mass is 16.5. The van der Waals surface area contributed by atoms with Crippen molar-refractivity contribution in [2.45, 2.75) is 44.1 Å². The van der Waals surface area contributed by atoms with Crippen LogP contribution < -0.4 is 9.64 Å². The molecule has 0 spiro atoms. The number of hydrogen-bond acceptors (Lipinski definition) is 6. The number of aromatic nitrogens is 4. The molecule has 2 aromatic heterocycles. The predicted molar refractivity (Wildman–Crippen MR) is 98.3 cm³/mol. The minimum atomic E-state index is 0.155. The Morgan fingerprint density at radius 2 is 2.00 bits per heavy atom. The fourth-order valence-corrected chi connectivity index (χ4v) is 4.15. The number of hydrogen-bond donors (Lipinski definition) is 1. The van der Waals surface area contributed by atoms with Crippen LogP contribution in [0.4, 0.5) is 5.82 Å². The van der Waals surface area contributed by atoms with E-state index < -0.39 is 0 Å². The van der Waals surface area contributed by atoms with E-state index >= 15 is 0 Å². The largest absolute Gasteiger partial charge is 0.473 e. The zero-order valence-electron chi connectivity index (χ0n) is 15.3. The Hall–Kier alpha value is -2.15. The highest BCUT2D eigenvalue weighted by Gasteiger charge is 2.35. The summed E-state index contributed by atoms with van der Waals surface area (Å²) in [7, 11) is 1.92. The van der Waals surface area contributed by atoms with Gasteiger partial charge in [0, 0.05) is 44.8 Å². The molecule has 0 unspecified atom stereocenters. The van der Waals surface area contributed by atoms with E-state index in [1.165, 1.54) is 19.3 Å². The quantitative estimate of drug-likeness (QED) is 0.883. The van der Waals surface area contributed by atoms with Crippen molar-refractivity contribution in [3.63, 3.8) is 0 Å². The lowest BCUT2D eigenvalue weighted by atomic mass is 9.92. The van der Waals surface area contributed by atoms with Gasteiger partial charge in [0.05, 0.1) is 18.6 Å². The fourth-order valence-electron chi connectivity index (χ4n) is 4.15. The number of aliphatic hydroxyl groups is 1. The van der Waals surface area contributed by atoms with Crippen molar-refractivity contribution >= 4 is 5.82 Å². The zero-order chi connectivity index (χ0) is 17.9. The van der Waals surface area contributed by atoms with Crippen LogP contribution in [-0.2, 0) is 7.05 Å². The van der Waals surface area contributed by atoms with Gasteiger partial charge in [-0.1, -0.05) is 6.42 Å². The number of nitrogens with zero attached hydrogens (tertiary/aromatic N) is 5. The van der Waals surface area contributed by atoms with Crippen molar-refractivity contribution < 1.29 is 9.84 Å². The van der Waals surface area contributed by atoms with Crippen LogP contribution in [0, 0.1) is 5.92 Å². The first-order valence-electron chi connectivity index (χ1n) is 9.56. The molecule has 1 aliphatic carbocycles. The number of ether oxygens (including phenoxy) is 1. The van der Waals surface area contributed by atoms with Gasteiger partial charge in [0.1, 0.15) is 6.10 Å². The Morgan fingerprint density at radius 1 is 1.15 bits per heavy atom. The van der Waals surface area contributed by atoms with Crippen LogP contribution in [0.1, 0.15) is 43.6 Å². The molecule has 2 atom stereocenters. The lowest BCUT2D eigenvalue weighted by molar-refractivity contribution is 0.148. The number of aryl methyl sites for hydroxylation is 1. The highest BCUT2D eigenvalue weighted by Crippen LogP contribution is 2.34. The molecule has 2 aromatic rings. The molecule has 0 radical (unpaired) electrons. The smallest absolute Gasteiger partial charge is 0.234 e. The standard InChI is InChI=1S/C19H27N5O2/c1-23-10-14(7-21-23)17-12-24(11-15(17)13-25)18-8-20-9-19(22-18)26-16-5-3-2-4-6-16/h7-10,15-17,25H,2-6,11-13H2,1H3/t15-,17-/m0/s1. The van der Waals surface area contributed by atoms with Crippen LogP contribution in [-0.4, -0.2) is 50.7 Å². The van der Waals surface area contributed by atoms with Crippen LogP contribution in [0.5, 0.6) is 5.88 Å². The molecule has 0 aromatic carbocycles. The Bertz CT molecular complexity index is 728. The summed E-state index contributed by atoms with van der Waals surface area (Å²) in [4.78, 5) is 11.2. The van der Waals surface area contributed by atoms with Gasteiger partial charge in [-0.15, -0.1) is 0 Å². The SMILES string of the molecule is Cn1cc([C@@H]2CN(c3cncc(OC4CCCCC4)n3)C[C@H]2CO)cn1. The van der Waals surface area contributed by atoms with Crippen molar-refractivity contribution in [3.05, 3.63) is 30.4 Å². The average molecular weight is 357 g/mol. The molecule has 1 saturated carbocycles. The summed E-state index contributed by atoms with van der Waals surface area (Å²) >= 11 is 0. The highest BCUT2D eigenvalue weighted by molar-refractivity contribution is 5.41. The van der Waals surface area contributed by atoms with Crippen LogP contribution in [0.25, 0.3) is 0 Å². The van der Waals surface area contributed by atoms with Gasteiger partial charge >= 0.3 is 0 Å². The second-order valence-electron chi connectivity index (χ2n) is 7.49. The van der Waals surface area contributed by atoms with Gasteiger partial charge in [0.15, 0.2) is 5.82 Å². The molecule has 7 nitrogen and oxygen atoms in total. The van der Waals surface area contributed by atoms with E-state index in [0.29, 0.717) is 5.88 Å². The Morgan fingerprint density at radius 3 is 2.73 bits per heavy atom. The van der Waals surface area contributed by atoms with E-state index in [2.05, 4.69) is 20.0 Å². The Kier molecular flexibility index (Phi) is 5.06. The van der Waals surface area contributed by atoms with Crippen molar-refractivity contribution in [1.82, 2.24) is 19.7 Å². The predicted octanol–water partition coefficient (Wildman–Crippen LogP) is 2.13. The van der Waals surface area contributed by atoms with Gasteiger partial charge in [-0.2, -0.15) is 10.1 Å². The molecule has 3 heterocycles. The van der Waals surface area contributed by atoms with Crippen LogP contribution >= 0.6 is 0 Å². The van der Waals surface area contributed by atoms with Gasteiger partial charge in [-0.05, 0) is 31.2 Å². The van der Waals surface area contributed by atoms with Gasteiger partial charge in [-0.25, -0.2) is 0 Å². The molecule has 1 aliphatic heterocycles. The fraction of sp³-hybridized carbons (Fsp3) is 0.632. The summed E-state index contributed by atoms with van der Waals surface area (Å²) in [6.07, 6.45) is 13.7. The minimum Gasteiger partial charge on any atom is -0.473 e. The van der Waals surface area contributed by atoms with E-state index in [1.807, 2.05) is 24.1 Å². The molecule has 0 bridgehead atoms. The first kappa shape index (κ1) is 17.3. The first-order valence-corrected chi connectivity index (χ1v) is 9.56. The topological polar surface area (TPSA) is 76.3 Å². The van der Waals surface area contributed by atoms with Crippen molar-refractivity contribution in [2.75, 3.05) is 24.6 Å². The summed E-state index contributed by atoms with van der Waals surface area (Å²) < 4.78 is 7.87. The van der Waals surface area contributed by atoms with Gasteiger partial charge in [0.2, 0.25) is 5.88 Å². The Balaban J connectivity index is 1.47. The molecule has 0 amide bonds. The van der Waals surface area contributed by atoms with E-state index in [0.717, 1.165) is 37.3 Å². The van der Waals surface area contributed by atoms with Crippen LogP contribution in [0.15, 0.2) is 24.8 Å². The lowest BCUT2D eigenvalue weighted by Crippen LogP contribution is -2.23. The van der Waals surface area contributed by atoms with E-state index in [1.54, 1.807) is 12.4 Å². The van der Waals surface area contributed by atoms with E-state index in [4.69, 9.17) is 4.74 Å². The number of aliphatic hydroxyl groups excluding tert-OH is 1. The summed E-state index contributed by atoms with van der Waals surface area (Å²) in [5.74, 6) is 1.85. The Labute approximate surface area is 154 Å². The third-order valence-electron chi connectivity index (χ3n) is 5.59. The van der Waals surface area contributed by atoms with Crippen molar-refractivity contribution in [2.24, 2.45) is 13.0 Å². The second kappa shape index (κ2) is 7.61. The molecule has 1 saturated heterocycles. The molecule has 2 aliphatic rings. The number of anilines is 1. The lowest BCUT2D eigenvalue weighted by Gasteiger charge is -2.23. The summed E-state index contributed by atoms with van der Waals surface area (Å²) in [6.45, 7) is 1.72. The molecule has 140 valence electrons. The van der Waals surface area contributed by atoms with Crippen LogP contribution in [0.3, 0.4) is 0 Å². The maximum atomic E-state index is 9.83. The van der Waals surface area contributed by atoms with E-state index in [-0.39, 0.29) is 24.5 Å². The van der Waals surface area contributed by atoms with Crippen molar-refractivity contribution in [1.29, 1.82) is 0 Å². The summed E-state index contributed by atoms with van der Waals surface area (Å²) in [5, 5.41) is 14.1. The zero-order valence-corrected chi connectivity index (χ0v) is 15.3. The molecule has 2 fully saturated rings. The van der Waals surface area contributed by atoms with Gasteiger partial charge in [0.25, 0.3) is 0 Å². The third kappa shape index (κ3) is 3.67. The summed E-state index contributed by atoms with van der Waals surface area (Å²) in [6, 6.07) is 0. The molecule has 4 rings (SSSR count). The monoisotopic (exact) mass is 357 g/mol. The average Bonchev–Trinajstić information content (AvgIpc) is 3.29. The number of rotatable bonds is 5. The van der Waals surface area contributed by atoms with Crippen LogP contribution in [0.2, 0.25) is 0 Å². The van der Waals surface area contributed by atoms with Gasteiger partial charge in [-0.3, -0.25) is 9.67 Å². The second-order valence-corrected chi connectivity index (χ2v) is 7.49. The maximum absolute atomic E-state index is 9.83. The first-order chi connectivity index (χ1) is 12.7. The molecule has 7 heteroatoms. The van der Waals surface area contributed by atoms with E-state index in [9.17, 15) is 5.11 Å². The normalized spacial score (nSPS) is 24.2. The maximum Gasteiger partial charge on any atom is 0.234 e. The third-order valence-corrected chi connectivity index (χ3v) is 5.59. The van der Waals surface area contributed by atoms with Crippen molar-refractivity contribution in [3.8, 4) is 5.88 Å². The molecular weight excluding hydrogens is 330 g/mol. The molecular formula is C19H27N5O2. The molecule has 1 N–H and O–H groups in total. The molecule has 26 heavy (non-hydrogen) atoms.